The fraction of sp³-hybridized carbons (Fsp3) is 0.444. The number of benzene rings is 1. The summed E-state index contributed by atoms with van der Waals surface area (Å²) >= 11 is 3.38. The van der Waals surface area contributed by atoms with Gasteiger partial charge in [0.2, 0.25) is 11.8 Å². The van der Waals surface area contributed by atoms with E-state index in [4.69, 9.17) is 0 Å². The molecule has 1 aliphatic heterocycles. The van der Waals surface area contributed by atoms with Crippen LogP contribution in [0.2, 0.25) is 0 Å². The molecule has 27 heavy (non-hydrogen) atoms. The summed E-state index contributed by atoms with van der Waals surface area (Å²) in [7, 11) is 0. The van der Waals surface area contributed by atoms with Gasteiger partial charge in [-0.05, 0) is 56.4 Å². The molecule has 144 valence electrons. The lowest BCUT2D eigenvalue weighted by molar-refractivity contribution is -0.135. The summed E-state index contributed by atoms with van der Waals surface area (Å²) in [5.41, 5.74) is 0.659. The number of nitrogens with one attached hydrogen (secondary N) is 3. The van der Waals surface area contributed by atoms with Crippen LogP contribution >= 0.6 is 15.9 Å². The summed E-state index contributed by atoms with van der Waals surface area (Å²) in [5, 5.41) is 7.79. The van der Waals surface area contributed by atoms with Gasteiger partial charge in [-0.3, -0.25) is 19.3 Å². The average Bonchev–Trinajstić information content (AvgIpc) is 3.43. The van der Waals surface area contributed by atoms with Crippen molar-refractivity contribution >= 4 is 45.4 Å². The zero-order chi connectivity index (χ0) is 19.8. The molecular weight excluding hydrogens is 416 g/mol. The molecule has 1 aromatic rings. The van der Waals surface area contributed by atoms with Gasteiger partial charge in [0.25, 0.3) is 5.91 Å². The molecule has 1 aromatic carbocycles. The van der Waals surface area contributed by atoms with Crippen molar-refractivity contribution in [1.82, 2.24) is 15.5 Å². The molecule has 1 aliphatic carbocycles. The van der Waals surface area contributed by atoms with E-state index in [-0.39, 0.29) is 18.4 Å². The number of anilines is 1. The summed E-state index contributed by atoms with van der Waals surface area (Å²) in [6, 6.07) is 4.79. The lowest BCUT2D eigenvalue weighted by atomic mass is 9.96. The number of nitrogens with zero attached hydrogens (tertiary/aromatic N) is 1. The molecule has 3 N–H and O–H groups in total. The second-order valence-electron chi connectivity index (χ2n) is 7.09. The van der Waals surface area contributed by atoms with Crippen LogP contribution in [0.3, 0.4) is 0 Å². The maximum Gasteiger partial charge on any atom is 0.325 e. The lowest BCUT2D eigenvalue weighted by Gasteiger charge is -2.20. The molecule has 1 saturated heterocycles. The minimum atomic E-state index is -0.922. The van der Waals surface area contributed by atoms with Crippen molar-refractivity contribution in [2.75, 3.05) is 18.4 Å². The second kappa shape index (κ2) is 7.30. The first kappa shape index (κ1) is 19.3. The van der Waals surface area contributed by atoms with Crippen molar-refractivity contribution in [3.05, 3.63) is 28.2 Å². The Morgan fingerprint density at radius 1 is 1.30 bits per heavy atom. The van der Waals surface area contributed by atoms with E-state index in [1.165, 1.54) is 0 Å². The second-order valence-corrected chi connectivity index (χ2v) is 7.94. The molecule has 0 spiro atoms. The van der Waals surface area contributed by atoms with Crippen LogP contribution in [-0.2, 0) is 14.4 Å². The maximum atomic E-state index is 12.5. The van der Waals surface area contributed by atoms with E-state index < -0.39 is 29.9 Å². The van der Waals surface area contributed by atoms with Gasteiger partial charge < -0.3 is 16.0 Å². The highest BCUT2D eigenvalue weighted by atomic mass is 79.9. The number of halogens is 1. The Morgan fingerprint density at radius 2 is 2.00 bits per heavy atom. The third-order valence-electron chi connectivity index (χ3n) is 4.88. The predicted molar refractivity (Wildman–Crippen MR) is 102 cm³/mol. The van der Waals surface area contributed by atoms with E-state index in [0.717, 1.165) is 27.8 Å². The van der Waals surface area contributed by atoms with E-state index in [1.807, 2.05) is 13.0 Å². The number of aryl methyl sites for hydroxylation is 1. The number of urea groups is 1. The number of imide groups is 1. The van der Waals surface area contributed by atoms with Crippen LogP contribution in [0.1, 0.15) is 25.3 Å². The Bertz CT molecular complexity index is 824. The van der Waals surface area contributed by atoms with Crippen LogP contribution in [-0.4, -0.2) is 47.3 Å². The first-order valence-corrected chi connectivity index (χ1v) is 9.47. The van der Waals surface area contributed by atoms with Gasteiger partial charge >= 0.3 is 6.03 Å². The third-order valence-corrected chi connectivity index (χ3v) is 5.77. The van der Waals surface area contributed by atoms with Crippen LogP contribution in [0.15, 0.2) is 22.7 Å². The molecule has 1 unspecified atom stereocenters. The number of amides is 5. The number of hydrogen-bond acceptors (Lipinski definition) is 4. The van der Waals surface area contributed by atoms with E-state index in [1.54, 1.807) is 19.1 Å². The number of rotatable bonds is 6. The molecular formula is C18H21BrN4O4. The molecule has 0 aromatic heterocycles. The molecule has 0 radical (unpaired) electrons. The van der Waals surface area contributed by atoms with Crippen molar-refractivity contribution < 1.29 is 19.2 Å². The van der Waals surface area contributed by atoms with Crippen LogP contribution in [0.4, 0.5) is 10.5 Å². The predicted octanol–water partition coefficient (Wildman–Crippen LogP) is 1.53. The van der Waals surface area contributed by atoms with Gasteiger partial charge in [-0.1, -0.05) is 15.9 Å². The first-order chi connectivity index (χ1) is 12.7. The molecule has 2 fully saturated rings. The van der Waals surface area contributed by atoms with Crippen molar-refractivity contribution in [3.8, 4) is 0 Å². The van der Waals surface area contributed by atoms with E-state index in [9.17, 15) is 19.2 Å². The van der Waals surface area contributed by atoms with Crippen LogP contribution in [0.25, 0.3) is 0 Å². The van der Waals surface area contributed by atoms with Crippen molar-refractivity contribution in [3.63, 3.8) is 0 Å². The van der Waals surface area contributed by atoms with Gasteiger partial charge in [-0.2, -0.15) is 0 Å². The molecule has 0 bridgehead atoms. The largest absolute Gasteiger partial charge is 0.345 e. The number of carbonyl (C=O) groups excluding carboxylic acids is 4. The number of carbonyl (C=O) groups is 4. The van der Waals surface area contributed by atoms with Crippen LogP contribution in [0, 0.1) is 12.8 Å². The van der Waals surface area contributed by atoms with Gasteiger partial charge in [-0.25, -0.2) is 4.79 Å². The summed E-state index contributed by atoms with van der Waals surface area (Å²) in [4.78, 5) is 49.5. The number of hydrogen-bond donors (Lipinski definition) is 3. The van der Waals surface area contributed by atoms with E-state index in [0.29, 0.717) is 5.69 Å². The molecule has 5 amide bonds. The van der Waals surface area contributed by atoms with Gasteiger partial charge in [-0.15, -0.1) is 0 Å². The topological polar surface area (TPSA) is 108 Å². The van der Waals surface area contributed by atoms with Crippen LogP contribution < -0.4 is 16.0 Å². The van der Waals surface area contributed by atoms with Crippen LogP contribution in [0.5, 0.6) is 0 Å². The van der Waals surface area contributed by atoms with Gasteiger partial charge in [0.15, 0.2) is 0 Å². The minimum Gasteiger partial charge on any atom is -0.345 e. The Balaban J connectivity index is 1.49. The smallest absolute Gasteiger partial charge is 0.325 e. The highest BCUT2D eigenvalue weighted by molar-refractivity contribution is 9.10. The van der Waals surface area contributed by atoms with E-state index >= 15 is 0 Å². The van der Waals surface area contributed by atoms with E-state index in [2.05, 4.69) is 31.9 Å². The monoisotopic (exact) mass is 436 g/mol. The zero-order valence-electron chi connectivity index (χ0n) is 15.1. The Hall–Kier alpha value is -2.42. The minimum absolute atomic E-state index is 0.127. The molecule has 3 rings (SSSR count). The lowest BCUT2D eigenvalue weighted by Crippen LogP contribution is -2.47. The SMILES string of the molecule is Cc1cc(NC(=O)CNC(=O)CN2C(=O)NC(C)(C3CC3)C2=O)ccc1Br. The quantitative estimate of drug-likeness (QED) is 0.587. The Kier molecular flexibility index (Phi) is 5.23. The van der Waals surface area contributed by atoms with Gasteiger partial charge in [0.1, 0.15) is 12.1 Å². The highest BCUT2D eigenvalue weighted by Crippen LogP contribution is 2.42. The Morgan fingerprint density at radius 3 is 2.63 bits per heavy atom. The normalized spacial score (nSPS) is 21.8. The molecule has 2 aliphatic rings. The summed E-state index contributed by atoms with van der Waals surface area (Å²) < 4.78 is 0.931. The first-order valence-electron chi connectivity index (χ1n) is 8.67. The zero-order valence-corrected chi connectivity index (χ0v) is 16.7. The summed E-state index contributed by atoms with van der Waals surface area (Å²) in [6.07, 6.45) is 1.77. The summed E-state index contributed by atoms with van der Waals surface area (Å²) in [5.74, 6) is -1.23. The molecule has 8 nitrogen and oxygen atoms in total. The standard InChI is InChI=1S/C18H21BrN4O4/c1-10-7-12(5-6-13(10)19)21-14(24)8-20-15(25)9-23-16(26)18(2,11-3-4-11)22-17(23)27/h5-7,11H,3-4,8-9H2,1-2H3,(H,20,25)(H,21,24)(H,22,27). The fourth-order valence-corrected chi connectivity index (χ4v) is 3.35. The molecule has 1 saturated carbocycles. The van der Waals surface area contributed by atoms with Crippen molar-refractivity contribution in [1.29, 1.82) is 0 Å². The fourth-order valence-electron chi connectivity index (χ4n) is 3.10. The molecule has 9 heteroatoms. The molecule has 1 heterocycles. The average molecular weight is 437 g/mol. The molecule has 1 atom stereocenters. The maximum absolute atomic E-state index is 12.5. The highest BCUT2D eigenvalue weighted by Gasteiger charge is 2.56. The van der Waals surface area contributed by atoms with Crippen molar-refractivity contribution in [2.24, 2.45) is 5.92 Å². The van der Waals surface area contributed by atoms with Crippen molar-refractivity contribution in [2.45, 2.75) is 32.2 Å². The Labute approximate surface area is 165 Å². The summed E-state index contributed by atoms with van der Waals surface area (Å²) in [6.45, 7) is 2.93. The van der Waals surface area contributed by atoms with Gasteiger partial charge in [0, 0.05) is 10.2 Å². The van der Waals surface area contributed by atoms with Gasteiger partial charge in [0.05, 0.1) is 6.54 Å². The third kappa shape index (κ3) is 4.13.